The number of nitro benzene ring substituents is 1. The zero-order valence-electron chi connectivity index (χ0n) is 10.8. The van der Waals surface area contributed by atoms with E-state index in [4.69, 9.17) is 0 Å². The third-order valence-electron chi connectivity index (χ3n) is 3.16. The van der Waals surface area contributed by atoms with E-state index in [0.29, 0.717) is 18.0 Å². The van der Waals surface area contributed by atoms with Crippen molar-refractivity contribution in [2.75, 3.05) is 6.54 Å². The second kappa shape index (κ2) is 7.06. The molecule has 1 N–H and O–H groups in total. The highest BCUT2D eigenvalue weighted by Crippen LogP contribution is 2.20. The van der Waals surface area contributed by atoms with Gasteiger partial charge in [0.05, 0.1) is 4.92 Å². The molecule has 5 heteroatoms. The Morgan fingerprint density at radius 3 is 2.61 bits per heavy atom. The van der Waals surface area contributed by atoms with Crippen LogP contribution in [0.1, 0.15) is 32.3 Å². The molecule has 100 valence electrons. The van der Waals surface area contributed by atoms with E-state index in [9.17, 15) is 14.5 Å². The highest BCUT2D eigenvalue weighted by molar-refractivity contribution is 5.36. The first-order chi connectivity index (χ1) is 8.60. The summed E-state index contributed by atoms with van der Waals surface area (Å²) in [7, 11) is 0. The molecule has 0 aliphatic rings. The second-order valence-corrected chi connectivity index (χ2v) is 4.32. The number of benzene rings is 1. The zero-order chi connectivity index (χ0) is 13.5. The Balaban J connectivity index is 2.63. The van der Waals surface area contributed by atoms with Crippen molar-refractivity contribution in [3.05, 3.63) is 39.7 Å². The minimum atomic E-state index is -0.737. The van der Waals surface area contributed by atoms with E-state index in [-0.39, 0.29) is 0 Å². The van der Waals surface area contributed by atoms with Crippen LogP contribution in [0.15, 0.2) is 18.2 Å². The lowest BCUT2D eigenvalue weighted by atomic mass is 10.0. The van der Waals surface area contributed by atoms with Gasteiger partial charge in [-0.15, -0.1) is 0 Å². The molecule has 1 aromatic carbocycles. The molecule has 0 spiro atoms. The largest absolute Gasteiger partial charge is 0.312 e. The van der Waals surface area contributed by atoms with Crippen LogP contribution in [0.5, 0.6) is 0 Å². The van der Waals surface area contributed by atoms with E-state index in [1.807, 2.05) is 0 Å². The van der Waals surface area contributed by atoms with Crippen molar-refractivity contribution in [3.8, 4) is 0 Å². The molecule has 0 aromatic heterocycles. The van der Waals surface area contributed by atoms with Crippen molar-refractivity contribution in [2.45, 2.75) is 33.2 Å². The summed E-state index contributed by atoms with van der Waals surface area (Å²) in [6.07, 6.45) is 2.14. The third-order valence-corrected chi connectivity index (χ3v) is 3.16. The number of nitro groups is 1. The van der Waals surface area contributed by atoms with Crippen LogP contribution in [0.3, 0.4) is 0 Å². The van der Waals surface area contributed by atoms with Crippen molar-refractivity contribution in [2.24, 2.45) is 5.92 Å². The quantitative estimate of drug-likeness (QED) is 0.600. The number of nitrogens with one attached hydrogen (secondary N) is 1. The SMILES string of the molecule is CCC(CC)CNCc1cccc([N+](=O)[O-])c1F. The molecular formula is C13H19FN2O2. The molecule has 0 unspecified atom stereocenters. The van der Waals surface area contributed by atoms with Gasteiger partial charge < -0.3 is 5.32 Å². The first-order valence-electron chi connectivity index (χ1n) is 6.22. The van der Waals surface area contributed by atoms with Gasteiger partial charge in [-0.25, -0.2) is 0 Å². The molecule has 0 fully saturated rings. The molecular weight excluding hydrogens is 235 g/mol. The first-order valence-corrected chi connectivity index (χ1v) is 6.22. The second-order valence-electron chi connectivity index (χ2n) is 4.32. The summed E-state index contributed by atoms with van der Waals surface area (Å²) in [5.74, 6) is -0.175. The molecule has 0 saturated heterocycles. The van der Waals surface area contributed by atoms with E-state index in [2.05, 4.69) is 19.2 Å². The Kier molecular flexibility index (Phi) is 5.71. The van der Waals surface area contributed by atoms with E-state index in [1.165, 1.54) is 12.1 Å². The maximum atomic E-state index is 13.7. The Labute approximate surface area is 106 Å². The summed E-state index contributed by atoms with van der Waals surface area (Å²) in [6.45, 7) is 5.35. The Bertz CT molecular complexity index is 406. The minimum Gasteiger partial charge on any atom is -0.312 e. The summed E-state index contributed by atoms with van der Waals surface area (Å²) < 4.78 is 13.7. The Morgan fingerprint density at radius 1 is 1.39 bits per heavy atom. The molecule has 1 rings (SSSR count). The fraction of sp³-hybridized carbons (Fsp3) is 0.538. The number of hydrogen-bond donors (Lipinski definition) is 1. The standard InChI is InChI=1S/C13H19FN2O2/c1-3-10(4-2)8-15-9-11-6-5-7-12(13(11)14)16(17)18/h5-7,10,15H,3-4,8-9H2,1-2H3. The molecule has 0 aliphatic carbocycles. The lowest BCUT2D eigenvalue weighted by Crippen LogP contribution is -2.22. The third kappa shape index (κ3) is 3.77. The monoisotopic (exact) mass is 254 g/mol. The molecule has 4 nitrogen and oxygen atoms in total. The van der Waals surface area contributed by atoms with Crippen LogP contribution in [-0.4, -0.2) is 11.5 Å². The topological polar surface area (TPSA) is 55.2 Å². The summed E-state index contributed by atoms with van der Waals surface area (Å²) in [5.41, 5.74) is -0.119. The van der Waals surface area contributed by atoms with Crippen molar-refractivity contribution < 1.29 is 9.31 Å². The normalized spacial score (nSPS) is 10.9. The summed E-state index contributed by atoms with van der Waals surface area (Å²) >= 11 is 0. The van der Waals surface area contributed by atoms with Crippen molar-refractivity contribution >= 4 is 5.69 Å². The predicted molar refractivity (Wildman–Crippen MR) is 68.8 cm³/mol. The zero-order valence-corrected chi connectivity index (χ0v) is 10.8. The lowest BCUT2D eigenvalue weighted by molar-refractivity contribution is -0.387. The highest BCUT2D eigenvalue weighted by Gasteiger charge is 2.16. The van der Waals surface area contributed by atoms with Crippen LogP contribution in [-0.2, 0) is 6.54 Å². The highest BCUT2D eigenvalue weighted by atomic mass is 19.1. The minimum absolute atomic E-state index is 0.323. The number of nitrogens with zero attached hydrogens (tertiary/aromatic N) is 1. The van der Waals surface area contributed by atoms with Gasteiger partial charge in [-0.3, -0.25) is 10.1 Å². The molecule has 1 aromatic rings. The van der Waals surface area contributed by atoms with Gasteiger partial charge in [0, 0.05) is 18.2 Å². The van der Waals surface area contributed by atoms with E-state index in [0.717, 1.165) is 19.4 Å². The molecule has 0 radical (unpaired) electrons. The van der Waals surface area contributed by atoms with Crippen molar-refractivity contribution in [1.82, 2.24) is 5.32 Å². The van der Waals surface area contributed by atoms with E-state index in [1.54, 1.807) is 6.07 Å². The van der Waals surface area contributed by atoms with E-state index < -0.39 is 16.4 Å². The summed E-state index contributed by atoms with van der Waals surface area (Å²) in [6, 6.07) is 4.26. The fourth-order valence-electron chi connectivity index (χ4n) is 1.83. The van der Waals surface area contributed by atoms with Crippen LogP contribution in [0.4, 0.5) is 10.1 Å². The van der Waals surface area contributed by atoms with Crippen LogP contribution in [0, 0.1) is 21.8 Å². The fourth-order valence-corrected chi connectivity index (χ4v) is 1.83. The van der Waals surface area contributed by atoms with Gasteiger partial charge in [-0.05, 0) is 12.5 Å². The van der Waals surface area contributed by atoms with Gasteiger partial charge in [-0.1, -0.05) is 38.8 Å². The summed E-state index contributed by atoms with van der Waals surface area (Å²) in [5, 5.41) is 13.7. The molecule has 0 aliphatic heterocycles. The van der Waals surface area contributed by atoms with Gasteiger partial charge in [0.25, 0.3) is 0 Å². The number of rotatable bonds is 7. The molecule has 0 bridgehead atoms. The van der Waals surface area contributed by atoms with Crippen LogP contribution in [0.2, 0.25) is 0 Å². The van der Waals surface area contributed by atoms with Gasteiger partial charge >= 0.3 is 5.69 Å². The Morgan fingerprint density at radius 2 is 2.06 bits per heavy atom. The maximum absolute atomic E-state index is 13.7. The summed E-state index contributed by atoms with van der Waals surface area (Å²) in [4.78, 5) is 9.90. The van der Waals surface area contributed by atoms with Crippen molar-refractivity contribution in [1.29, 1.82) is 0 Å². The van der Waals surface area contributed by atoms with Crippen LogP contribution >= 0.6 is 0 Å². The smallest absolute Gasteiger partial charge is 0.305 e. The molecule has 0 amide bonds. The molecule has 0 saturated carbocycles. The molecule has 0 heterocycles. The molecule has 18 heavy (non-hydrogen) atoms. The predicted octanol–water partition coefficient (Wildman–Crippen LogP) is 3.26. The average Bonchev–Trinajstić information content (AvgIpc) is 2.36. The van der Waals surface area contributed by atoms with E-state index >= 15 is 0 Å². The van der Waals surface area contributed by atoms with Gasteiger partial charge in [0.15, 0.2) is 0 Å². The van der Waals surface area contributed by atoms with Crippen LogP contribution < -0.4 is 5.32 Å². The van der Waals surface area contributed by atoms with Crippen LogP contribution in [0.25, 0.3) is 0 Å². The average molecular weight is 254 g/mol. The molecule has 0 atom stereocenters. The first kappa shape index (κ1) is 14.6. The van der Waals surface area contributed by atoms with Gasteiger partial charge in [-0.2, -0.15) is 4.39 Å². The van der Waals surface area contributed by atoms with Gasteiger partial charge in [0.2, 0.25) is 5.82 Å². The van der Waals surface area contributed by atoms with Crippen molar-refractivity contribution in [3.63, 3.8) is 0 Å². The Hall–Kier alpha value is -1.49. The lowest BCUT2D eigenvalue weighted by Gasteiger charge is -2.13. The number of halogens is 1. The number of hydrogen-bond acceptors (Lipinski definition) is 3. The maximum Gasteiger partial charge on any atom is 0.305 e. The van der Waals surface area contributed by atoms with Gasteiger partial charge in [0.1, 0.15) is 0 Å².